The fraction of sp³-hybridized carbons (Fsp3) is 0.0484. The van der Waals surface area contributed by atoms with Crippen molar-refractivity contribution < 1.29 is 411 Å². The molecule has 0 aliphatic heterocycles. The van der Waals surface area contributed by atoms with E-state index in [0.717, 1.165) is 92.8 Å². The first-order valence-corrected chi connectivity index (χ1v) is 26.9. The molecule has 0 saturated carbocycles. The molecule has 0 atom stereocenters. The monoisotopic (exact) mass is 1320 g/mol. The van der Waals surface area contributed by atoms with Crippen LogP contribution >= 0.6 is 56.7 Å². The van der Waals surface area contributed by atoms with Gasteiger partial charge in [0.15, 0.2) is 0 Å². The Labute approximate surface area is 829 Å². The topological polar surface area (TPSA) is 64.5 Å². The molecule has 0 unspecified atom stereocenters. The van der Waals surface area contributed by atoms with E-state index in [-0.39, 0.29) is 411 Å². The maximum Gasteiger partial charge on any atom is 1.00 e. The number of fused-ring (bicyclic) bond motifs is 5. The molecule has 5 aromatic heterocycles. The summed E-state index contributed by atoms with van der Waals surface area (Å²) < 4.78 is 5.24. The van der Waals surface area contributed by atoms with Crippen LogP contribution in [0.3, 0.4) is 0 Å². The van der Waals surface area contributed by atoms with E-state index in [1.165, 1.54) is 27.8 Å². The Morgan fingerprint density at radius 3 is 0.975 bits per heavy atom. The molecule has 0 fully saturated rings. The van der Waals surface area contributed by atoms with Crippen molar-refractivity contribution in [1.82, 2.24) is 24.9 Å². The summed E-state index contributed by atoms with van der Waals surface area (Å²) in [5, 5.41) is 5.14. The van der Waals surface area contributed by atoms with Gasteiger partial charge in [-0.15, -0.1) is 27.6 Å². The molecule has 348 valence electrons. The van der Waals surface area contributed by atoms with Crippen molar-refractivity contribution in [1.29, 1.82) is 0 Å². The molecule has 5 nitrogen and oxygen atoms in total. The number of benzene rings is 9. The molecule has 0 radical (unpaired) electrons. The Hall–Kier alpha value is 5.52. The van der Waals surface area contributed by atoms with Gasteiger partial charge in [-0.1, -0.05) is 132 Å². The summed E-state index contributed by atoms with van der Waals surface area (Å²) in [6.45, 7) is 6.22. The second kappa shape index (κ2) is 40.6. The molecule has 0 bridgehead atoms. The predicted octanol–water partition coefficient (Wildman–Crippen LogP) is -6.51. The van der Waals surface area contributed by atoms with E-state index in [9.17, 15) is 0 Å². The third-order valence-electron chi connectivity index (χ3n) is 11.0. The largest absolute Gasteiger partial charge is 1.00 e. The second-order valence-electron chi connectivity index (χ2n) is 16.4. The van der Waals surface area contributed by atoms with Gasteiger partial charge in [0.25, 0.3) is 0 Å². The molecule has 0 aliphatic carbocycles. The molecule has 80 heavy (non-hydrogen) atoms. The minimum atomic E-state index is 0. The molecular weight excluding hydrogens is 1290 g/mol. The number of hydrogen-bond donors (Lipinski definition) is 0. The Kier molecular flexibility index (Phi) is 40.5. The maximum absolute atomic E-state index is 4.73. The zero-order chi connectivity index (χ0) is 48.8. The van der Waals surface area contributed by atoms with Gasteiger partial charge < -0.3 is 24.9 Å². The van der Waals surface area contributed by atoms with E-state index in [4.69, 9.17) is 9.97 Å². The van der Waals surface area contributed by atoms with Gasteiger partial charge in [0.1, 0.15) is 0 Å². The van der Waals surface area contributed by atoms with E-state index in [0.29, 0.717) is 0 Å². The Morgan fingerprint density at radius 1 is 0.275 bits per heavy atom. The van der Waals surface area contributed by atoms with Crippen molar-refractivity contribution in [2.75, 3.05) is 0 Å². The van der Waals surface area contributed by atoms with Gasteiger partial charge in [0, 0.05) is 22.3 Å². The van der Waals surface area contributed by atoms with Gasteiger partial charge >= 0.3 is 411 Å². The number of nitrogens with zero attached hydrogens (tertiary/aromatic N) is 5. The van der Waals surface area contributed by atoms with Crippen LogP contribution in [0.2, 0.25) is 0 Å². The van der Waals surface area contributed by atoms with Gasteiger partial charge in [-0.25, -0.2) is 56.7 Å². The minimum Gasteiger partial charge on any atom is -0.334 e. The molecule has 5 heterocycles. The van der Waals surface area contributed by atoms with E-state index in [2.05, 4.69) is 168 Å². The Morgan fingerprint density at radius 2 is 0.575 bits per heavy atom. The fourth-order valence-electron chi connectivity index (χ4n) is 7.75. The van der Waals surface area contributed by atoms with Crippen molar-refractivity contribution in [2.24, 2.45) is 0 Å². The first-order valence-electron chi connectivity index (χ1n) is 22.8. The SMILES string of the molecule is Cc1cc(C)cc(-c2nc3[c-]cc[c-]c3s2)c1.Cc1nc2[c-]cc[c-]c2s1.[K+].[K+].[K+].[K+].[K+].[K+].[K+].[K+].[c-]1c2nc(-c3ccccc3)sc2[c-]c2nc(-c3ccccc3)sc12.[c-]1cc[c-]c2sc(-c3ccc(-c4ccccc4)cc3)nc12. The zero-order valence-corrected chi connectivity index (χ0v) is 76.0. The smallest absolute Gasteiger partial charge is 0.334 e. The molecule has 0 amide bonds. The fourth-order valence-corrected chi connectivity index (χ4v) is 12.2. The maximum atomic E-state index is 4.73. The van der Waals surface area contributed by atoms with Crippen LogP contribution in [0.15, 0.2) is 170 Å². The Bertz CT molecular complexity index is 3860. The molecule has 14 aromatic rings. The first-order chi connectivity index (χ1) is 35.3. The van der Waals surface area contributed by atoms with Crippen LogP contribution in [0.4, 0.5) is 0 Å². The number of rotatable bonds is 5. The number of aryl methyl sites for hydroxylation is 3. The van der Waals surface area contributed by atoms with E-state index in [1.54, 1.807) is 56.7 Å². The van der Waals surface area contributed by atoms with Crippen molar-refractivity contribution in [2.45, 2.75) is 20.8 Å². The van der Waals surface area contributed by atoms with E-state index < -0.39 is 0 Å². The summed E-state index contributed by atoms with van der Waals surface area (Å²) in [6.07, 6.45) is 0. The third-order valence-corrected chi connectivity index (χ3v) is 16.0. The summed E-state index contributed by atoms with van der Waals surface area (Å²) in [5.74, 6) is 0. The van der Waals surface area contributed by atoms with E-state index >= 15 is 0 Å². The molecule has 0 spiro atoms. The van der Waals surface area contributed by atoms with Crippen LogP contribution < -0.4 is 411 Å². The average molecular weight is 1330 g/mol. The average Bonchev–Trinajstić information content (AvgIpc) is 4.28. The van der Waals surface area contributed by atoms with Gasteiger partial charge in [-0.2, -0.15) is 23.5 Å². The quantitative estimate of drug-likeness (QED) is 0.127. The van der Waals surface area contributed by atoms with Crippen LogP contribution in [0.25, 0.3) is 104 Å². The predicted molar refractivity (Wildman–Crippen MR) is 304 cm³/mol. The van der Waals surface area contributed by atoms with Crippen LogP contribution in [-0.2, 0) is 0 Å². The number of hydrogen-bond acceptors (Lipinski definition) is 10. The zero-order valence-electron chi connectivity index (χ0n) is 46.9. The molecule has 0 saturated heterocycles. The first kappa shape index (κ1) is 79.8. The molecule has 0 aliphatic rings. The molecule has 18 heteroatoms. The third kappa shape index (κ3) is 22.1. The summed E-state index contributed by atoms with van der Waals surface area (Å²) in [7, 11) is 0. The van der Waals surface area contributed by atoms with Gasteiger partial charge in [0.2, 0.25) is 0 Å². The van der Waals surface area contributed by atoms with Crippen LogP contribution in [0, 0.1) is 69.3 Å². The summed E-state index contributed by atoms with van der Waals surface area (Å²) in [6, 6.07) is 82.7. The molecule has 14 rings (SSSR count). The molecular formula is C62H37K8N5S5. The Balaban J connectivity index is 0.000000280. The molecule has 9 aromatic carbocycles. The van der Waals surface area contributed by atoms with Crippen molar-refractivity contribution in [3.8, 4) is 53.4 Å². The summed E-state index contributed by atoms with van der Waals surface area (Å²) in [5.41, 5.74) is 14.0. The van der Waals surface area contributed by atoms with Crippen molar-refractivity contribution in [3.63, 3.8) is 0 Å². The minimum absolute atomic E-state index is 0. The normalized spacial score (nSPS) is 9.89. The van der Waals surface area contributed by atoms with Crippen molar-refractivity contribution >= 4 is 108 Å². The number of aromatic nitrogens is 5. The summed E-state index contributed by atoms with van der Waals surface area (Å²) in [4.78, 5) is 22.9. The number of thiazole rings is 5. The van der Waals surface area contributed by atoms with Crippen LogP contribution in [0.1, 0.15) is 16.1 Å². The summed E-state index contributed by atoms with van der Waals surface area (Å²) >= 11 is 8.25. The van der Waals surface area contributed by atoms with Gasteiger partial charge in [-0.3, -0.25) is 84.9 Å². The van der Waals surface area contributed by atoms with Crippen molar-refractivity contribution in [3.05, 3.63) is 235 Å². The van der Waals surface area contributed by atoms with E-state index in [1.807, 2.05) is 85.8 Å². The van der Waals surface area contributed by atoms with Gasteiger partial charge in [0.05, 0.1) is 25.0 Å². The van der Waals surface area contributed by atoms with Crippen LogP contribution in [0.5, 0.6) is 0 Å². The molecule has 0 N–H and O–H groups in total. The second-order valence-corrected chi connectivity index (χ2v) is 21.6. The van der Waals surface area contributed by atoms with Crippen LogP contribution in [-0.4, -0.2) is 24.9 Å². The standard InChI is InChI=1S/C20H10N2S2.C19H11NS.C15H11NS.C8H5NS.8K/c1-3-7-13(8-4-1)19-21-15-11-18-16(12-17(15)23-19)22-20(24-18)14-9-5-2-6-10-14;1-2-6-14(7-3-1)15-10-12-16(13-11-15)19-20-17-8-4-5-9-18(17)21-19;1-10-7-11(2)9-12(8-10)15-16-13-5-3-4-6-14(13)17-15;1-6-9-7-4-2-3-5-8(7)10-6;;;;;;;;/h1-10H;1-7,10-13H;3-4,7-9H,1-2H3;2-3H,1H3;;;;;;;;/q4*-2;8*+1. The van der Waals surface area contributed by atoms with Gasteiger partial charge in [-0.05, 0) is 44.0 Å².